The van der Waals surface area contributed by atoms with Crippen molar-refractivity contribution in [3.63, 3.8) is 0 Å². The average Bonchev–Trinajstić information content (AvgIpc) is 2.63. The molecule has 4 bridgehead atoms. The van der Waals surface area contributed by atoms with Gasteiger partial charge in [0.2, 0.25) is 5.91 Å². The minimum Gasteiger partial charge on any atom is -0.369 e. The lowest BCUT2D eigenvalue weighted by molar-refractivity contribution is -0.145. The lowest BCUT2D eigenvalue weighted by Crippen LogP contribution is -2.63. The van der Waals surface area contributed by atoms with Crippen LogP contribution in [0.5, 0.6) is 0 Å². The van der Waals surface area contributed by atoms with Crippen LogP contribution in [0.1, 0.15) is 32.1 Å². The monoisotopic (exact) mass is 352 g/mol. The molecule has 3 N–H and O–H groups in total. The first kappa shape index (κ1) is 15.9. The van der Waals surface area contributed by atoms with Gasteiger partial charge in [-0.2, -0.15) is 0 Å². The fourth-order valence-electron chi connectivity index (χ4n) is 6.10. The van der Waals surface area contributed by atoms with Crippen LogP contribution < -0.4 is 16.0 Å². The van der Waals surface area contributed by atoms with Crippen molar-refractivity contribution in [3.8, 4) is 0 Å². The van der Waals surface area contributed by atoms with Crippen molar-refractivity contribution in [1.29, 1.82) is 0 Å². The molecule has 5 aliphatic rings. The number of carbonyl (C=O) groups is 2. The average molecular weight is 352 g/mol. The van der Waals surface area contributed by atoms with Crippen LogP contribution >= 0.6 is 0 Å². The summed E-state index contributed by atoms with van der Waals surface area (Å²) in [6.07, 6.45) is 6.60. The zero-order chi connectivity index (χ0) is 17.9. The number of hydrogen-bond donors (Lipinski definition) is 2. The van der Waals surface area contributed by atoms with Crippen molar-refractivity contribution < 1.29 is 9.59 Å². The van der Waals surface area contributed by atoms with E-state index in [0.717, 1.165) is 43.5 Å². The molecule has 4 fully saturated rings. The molecule has 0 radical (unpaired) electrons. The number of primary amides is 1. The fraction of sp³-hybridized carbons (Fsp3) is 0.550. The molecule has 0 saturated heterocycles. The molecule has 136 valence electrons. The van der Waals surface area contributed by atoms with Crippen LogP contribution in [0, 0.1) is 23.2 Å². The van der Waals surface area contributed by atoms with Crippen molar-refractivity contribution in [2.24, 2.45) is 33.9 Å². The molecule has 1 aromatic carbocycles. The molecule has 4 saturated carbocycles. The van der Waals surface area contributed by atoms with E-state index in [0.29, 0.717) is 24.3 Å². The van der Waals surface area contributed by atoms with E-state index < -0.39 is 0 Å². The van der Waals surface area contributed by atoms with Gasteiger partial charge in [-0.15, -0.1) is 0 Å². The number of para-hydroxylation sites is 2. The van der Waals surface area contributed by atoms with Gasteiger partial charge in [-0.25, -0.2) is 4.79 Å². The topological polar surface area (TPSA) is 87.8 Å². The first-order valence-electron chi connectivity index (χ1n) is 9.55. The molecule has 6 rings (SSSR count). The molecule has 6 heteroatoms. The van der Waals surface area contributed by atoms with Crippen LogP contribution in [0.15, 0.2) is 29.3 Å². The van der Waals surface area contributed by atoms with Gasteiger partial charge in [-0.05, 0) is 62.0 Å². The number of nitrogens with two attached hydrogens (primary N) is 1. The number of carbonyl (C=O) groups excluding carboxylic acids is 2. The van der Waals surface area contributed by atoms with Crippen molar-refractivity contribution in [1.82, 2.24) is 5.32 Å². The Hall–Kier alpha value is -2.37. The Labute approximate surface area is 152 Å². The summed E-state index contributed by atoms with van der Waals surface area (Å²) in [7, 11) is 0. The highest BCUT2D eigenvalue weighted by Crippen LogP contribution is 2.59. The minimum atomic E-state index is -0.317. The molecule has 2 atom stereocenters. The Morgan fingerprint density at radius 2 is 1.88 bits per heavy atom. The quantitative estimate of drug-likeness (QED) is 0.857. The molecule has 2 unspecified atom stereocenters. The van der Waals surface area contributed by atoms with Crippen molar-refractivity contribution in [2.45, 2.75) is 38.1 Å². The second-order valence-corrected chi connectivity index (χ2v) is 8.50. The number of anilines is 1. The lowest BCUT2D eigenvalue weighted by atomic mass is 9.47. The first-order chi connectivity index (χ1) is 12.6. The number of aliphatic imine (C=N–C) groups is 1. The number of urea groups is 1. The number of amides is 3. The zero-order valence-electron chi connectivity index (χ0n) is 14.7. The predicted molar refractivity (Wildman–Crippen MR) is 99.4 cm³/mol. The van der Waals surface area contributed by atoms with Crippen LogP contribution in [0.3, 0.4) is 0 Å². The van der Waals surface area contributed by atoms with E-state index in [9.17, 15) is 9.59 Å². The summed E-state index contributed by atoms with van der Waals surface area (Å²) in [5.41, 5.74) is 7.12. The van der Waals surface area contributed by atoms with Gasteiger partial charge in [0.05, 0.1) is 17.9 Å². The summed E-state index contributed by atoms with van der Waals surface area (Å²) in [6.45, 7) is 0.485. The third kappa shape index (κ3) is 2.27. The Bertz CT molecular complexity index is 789. The van der Waals surface area contributed by atoms with Gasteiger partial charge in [0.15, 0.2) is 0 Å². The van der Waals surface area contributed by atoms with Gasteiger partial charge >= 0.3 is 6.03 Å². The van der Waals surface area contributed by atoms with E-state index in [4.69, 9.17) is 5.73 Å². The predicted octanol–water partition coefficient (Wildman–Crippen LogP) is 2.60. The number of hydrogen-bond acceptors (Lipinski definition) is 3. The summed E-state index contributed by atoms with van der Waals surface area (Å²) in [6, 6.07) is 7.81. The molecule has 0 aromatic heterocycles. The fourth-order valence-corrected chi connectivity index (χ4v) is 6.10. The van der Waals surface area contributed by atoms with E-state index in [-0.39, 0.29) is 23.4 Å². The second kappa shape index (κ2) is 5.56. The Morgan fingerprint density at radius 1 is 1.15 bits per heavy atom. The third-order valence-electron chi connectivity index (χ3n) is 7.00. The third-order valence-corrected chi connectivity index (χ3v) is 7.00. The van der Waals surface area contributed by atoms with E-state index in [1.807, 2.05) is 24.3 Å². The van der Waals surface area contributed by atoms with Crippen LogP contribution in [-0.4, -0.2) is 30.7 Å². The molecule has 3 amide bonds. The van der Waals surface area contributed by atoms with E-state index in [2.05, 4.69) is 10.3 Å². The number of benzene rings is 1. The van der Waals surface area contributed by atoms with Crippen LogP contribution in [-0.2, 0) is 4.79 Å². The Balaban J connectivity index is 1.36. The highest BCUT2D eigenvalue weighted by molar-refractivity contribution is 6.00. The Kier molecular flexibility index (Phi) is 3.39. The number of nitrogens with zero attached hydrogens (tertiary/aromatic N) is 2. The number of rotatable bonds is 2. The SMILES string of the molecule is NC(=O)C12CC3CC(C1)C(NC(=O)N1CC=Nc4ccccc41)C(C3)C2. The van der Waals surface area contributed by atoms with Gasteiger partial charge in [-0.1, -0.05) is 12.1 Å². The van der Waals surface area contributed by atoms with Gasteiger partial charge in [-0.3, -0.25) is 14.7 Å². The Morgan fingerprint density at radius 3 is 2.62 bits per heavy atom. The summed E-state index contributed by atoms with van der Waals surface area (Å²) < 4.78 is 0. The highest BCUT2D eigenvalue weighted by atomic mass is 16.2. The summed E-state index contributed by atoms with van der Waals surface area (Å²) >= 11 is 0. The van der Waals surface area contributed by atoms with Crippen LogP contribution in [0.25, 0.3) is 0 Å². The maximum atomic E-state index is 13.0. The number of nitrogens with one attached hydrogen (secondary N) is 1. The molecule has 4 aliphatic carbocycles. The van der Waals surface area contributed by atoms with Gasteiger partial charge in [0, 0.05) is 17.7 Å². The van der Waals surface area contributed by atoms with Gasteiger partial charge in [0.1, 0.15) is 0 Å². The van der Waals surface area contributed by atoms with E-state index in [1.54, 1.807) is 11.1 Å². The zero-order valence-corrected chi connectivity index (χ0v) is 14.7. The van der Waals surface area contributed by atoms with Crippen LogP contribution in [0.2, 0.25) is 0 Å². The largest absolute Gasteiger partial charge is 0.369 e. The second-order valence-electron chi connectivity index (χ2n) is 8.50. The number of fused-ring (bicyclic) bond motifs is 1. The van der Waals surface area contributed by atoms with E-state index in [1.165, 1.54) is 0 Å². The molecular formula is C20H24N4O2. The van der Waals surface area contributed by atoms with Crippen molar-refractivity contribution >= 4 is 29.5 Å². The normalized spacial score (nSPS) is 36.7. The summed E-state index contributed by atoms with van der Waals surface area (Å²) in [5.74, 6) is 1.19. The standard InChI is InChI=1S/C20H24N4O2/c21-18(25)20-9-12-7-13(10-20)17(14(8-12)11-20)23-19(26)24-6-5-22-15-3-1-2-4-16(15)24/h1-5,12-14,17H,6-11H2,(H2,21,25)(H,23,26). The van der Waals surface area contributed by atoms with Crippen LogP contribution in [0.4, 0.5) is 16.2 Å². The van der Waals surface area contributed by atoms with Crippen molar-refractivity contribution in [2.75, 3.05) is 11.4 Å². The minimum absolute atomic E-state index is 0.0609. The molecule has 6 nitrogen and oxygen atoms in total. The molecule has 26 heavy (non-hydrogen) atoms. The maximum Gasteiger partial charge on any atom is 0.322 e. The molecular weight excluding hydrogens is 328 g/mol. The molecule has 0 spiro atoms. The van der Waals surface area contributed by atoms with Crippen molar-refractivity contribution in [3.05, 3.63) is 24.3 Å². The maximum absolute atomic E-state index is 13.0. The molecule has 1 aromatic rings. The smallest absolute Gasteiger partial charge is 0.322 e. The first-order valence-corrected chi connectivity index (χ1v) is 9.55. The summed E-state index contributed by atoms with van der Waals surface area (Å²) in [5, 5.41) is 3.30. The molecule has 1 aliphatic heterocycles. The van der Waals surface area contributed by atoms with E-state index >= 15 is 0 Å². The van der Waals surface area contributed by atoms with Gasteiger partial charge < -0.3 is 11.1 Å². The molecule has 1 heterocycles. The lowest BCUT2D eigenvalue weighted by Gasteiger charge is -2.58. The highest BCUT2D eigenvalue weighted by Gasteiger charge is 2.58. The van der Waals surface area contributed by atoms with Gasteiger partial charge in [0.25, 0.3) is 0 Å². The summed E-state index contributed by atoms with van der Waals surface area (Å²) in [4.78, 5) is 31.2.